The average Bonchev–Trinajstić information content (AvgIpc) is 2.94. The van der Waals surface area contributed by atoms with Crippen LogP contribution in [-0.4, -0.2) is 16.9 Å². The van der Waals surface area contributed by atoms with Crippen molar-refractivity contribution in [2.45, 2.75) is 53.0 Å². The van der Waals surface area contributed by atoms with Crippen molar-refractivity contribution in [3.05, 3.63) is 40.4 Å². The first-order valence-electron chi connectivity index (χ1n) is 7.96. The van der Waals surface area contributed by atoms with E-state index in [9.17, 15) is 4.79 Å². The maximum absolute atomic E-state index is 12.4. The van der Waals surface area contributed by atoms with Gasteiger partial charge < -0.3 is 5.32 Å². The molecule has 0 saturated carbocycles. The SMILES string of the molecule is CCc1ccc(-c2nc(C)c(C(=O)NC(CC)CC)s2)cc1. The van der Waals surface area contributed by atoms with Crippen LogP contribution in [0.5, 0.6) is 0 Å². The molecular weight excluding hydrogens is 292 g/mol. The smallest absolute Gasteiger partial charge is 0.263 e. The number of rotatable bonds is 6. The number of thiazole rings is 1. The minimum absolute atomic E-state index is 0.000119. The van der Waals surface area contributed by atoms with Gasteiger partial charge in [-0.1, -0.05) is 45.0 Å². The second-order valence-electron chi connectivity index (χ2n) is 5.47. The van der Waals surface area contributed by atoms with Crippen LogP contribution in [0.3, 0.4) is 0 Å². The van der Waals surface area contributed by atoms with E-state index in [0.717, 1.165) is 40.4 Å². The van der Waals surface area contributed by atoms with Crippen LogP contribution in [0.2, 0.25) is 0 Å². The van der Waals surface area contributed by atoms with E-state index >= 15 is 0 Å². The number of carbonyl (C=O) groups excluding carboxylic acids is 1. The summed E-state index contributed by atoms with van der Waals surface area (Å²) in [4.78, 5) is 17.7. The summed E-state index contributed by atoms with van der Waals surface area (Å²) in [6.07, 6.45) is 2.93. The zero-order chi connectivity index (χ0) is 16.1. The van der Waals surface area contributed by atoms with Crippen molar-refractivity contribution in [3.8, 4) is 10.6 Å². The lowest BCUT2D eigenvalue weighted by atomic mass is 10.1. The summed E-state index contributed by atoms with van der Waals surface area (Å²) in [5.41, 5.74) is 3.19. The summed E-state index contributed by atoms with van der Waals surface area (Å²) in [6.45, 7) is 8.23. The second-order valence-corrected chi connectivity index (χ2v) is 6.47. The van der Waals surface area contributed by atoms with Gasteiger partial charge in [0.15, 0.2) is 0 Å². The molecule has 1 N–H and O–H groups in total. The number of amides is 1. The van der Waals surface area contributed by atoms with E-state index < -0.39 is 0 Å². The van der Waals surface area contributed by atoms with Crippen molar-refractivity contribution < 1.29 is 4.79 Å². The monoisotopic (exact) mass is 316 g/mol. The third-order valence-corrected chi connectivity index (χ3v) is 5.14. The van der Waals surface area contributed by atoms with Gasteiger partial charge in [0.05, 0.1) is 5.69 Å². The number of aryl methyl sites for hydroxylation is 2. The molecule has 2 rings (SSSR count). The van der Waals surface area contributed by atoms with Crippen LogP contribution in [0.4, 0.5) is 0 Å². The summed E-state index contributed by atoms with van der Waals surface area (Å²) in [5, 5.41) is 4.00. The summed E-state index contributed by atoms with van der Waals surface area (Å²) < 4.78 is 0. The Balaban J connectivity index is 2.21. The number of aromatic nitrogens is 1. The molecule has 0 radical (unpaired) electrons. The highest BCUT2D eigenvalue weighted by atomic mass is 32.1. The molecule has 0 saturated heterocycles. The van der Waals surface area contributed by atoms with E-state index in [0.29, 0.717) is 0 Å². The van der Waals surface area contributed by atoms with Gasteiger partial charge in [0.1, 0.15) is 9.88 Å². The van der Waals surface area contributed by atoms with Crippen molar-refractivity contribution in [1.82, 2.24) is 10.3 Å². The van der Waals surface area contributed by atoms with E-state index in [1.807, 2.05) is 6.92 Å². The fourth-order valence-electron chi connectivity index (χ4n) is 2.36. The Hall–Kier alpha value is -1.68. The molecule has 1 heterocycles. The van der Waals surface area contributed by atoms with Gasteiger partial charge in [-0.3, -0.25) is 4.79 Å². The van der Waals surface area contributed by atoms with Crippen LogP contribution in [-0.2, 0) is 6.42 Å². The zero-order valence-electron chi connectivity index (χ0n) is 13.8. The molecule has 0 spiro atoms. The molecule has 0 atom stereocenters. The molecular formula is C18H24N2OS. The minimum Gasteiger partial charge on any atom is -0.349 e. The van der Waals surface area contributed by atoms with Gasteiger partial charge in [0.2, 0.25) is 0 Å². The summed E-state index contributed by atoms with van der Waals surface area (Å²) in [7, 11) is 0. The van der Waals surface area contributed by atoms with E-state index in [1.54, 1.807) is 0 Å². The molecule has 118 valence electrons. The van der Waals surface area contributed by atoms with Gasteiger partial charge in [-0.15, -0.1) is 11.3 Å². The number of hydrogen-bond donors (Lipinski definition) is 1. The van der Waals surface area contributed by atoms with Crippen LogP contribution < -0.4 is 5.32 Å². The van der Waals surface area contributed by atoms with Gasteiger partial charge >= 0.3 is 0 Å². The third-order valence-electron chi connectivity index (χ3n) is 3.93. The predicted molar refractivity (Wildman–Crippen MR) is 93.5 cm³/mol. The quantitative estimate of drug-likeness (QED) is 0.846. The lowest BCUT2D eigenvalue weighted by Crippen LogP contribution is -2.33. The number of carbonyl (C=O) groups is 1. The molecule has 3 nitrogen and oxygen atoms in total. The van der Waals surface area contributed by atoms with Gasteiger partial charge in [-0.2, -0.15) is 0 Å². The Kier molecular flexibility index (Phi) is 5.72. The highest BCUT2D eigenvalue weighted by Gasteiger charge is 2.18. The number of nitrogens with zero attached hydrogens (tertiary/aromatic N) is 1. The molecule has 1 aromatic carbocycles. The maximum atomic E-state index is 12.4. The second kappa shape index (κ2) is 7.54. The number of hydrogen-bond acceptors (Lipinski definition) is 3. The molecule has 0 bridgehead atoms. The molecule has 22 heavy (non-hydrogen) atoms. The third kappa shape index (κ3) is 3.74. The largest absolute Gasteiger partial charge is 0.349 e. The molecule has 0 aliphatic carbocycles. The van der Waals surface area contributed by atoms with Crippen molar-refractivity contribution >= 4 is 17.2 Å². The molecule has 1 aromatic heterocycles. The molecule has 0 aliphatic heterocycles. The van der Waals surface area contributed by atoms with Gasteiger partial charge in [-0.25, -0.2) is 4.98 Å². The highest BCUT2D eigenvalue weighted by molar-refractivity contribution is 7.17. The maximum Gasteiger partial charge on any atom is 0.263 e. The molecule has 2 aromatic rings. The van der Waals surface area contributed by atoms with Crippen LogP contribution in [0.25, 0.3) is 10.6 Å². The standard InChI is InChI=1S/C18H24N2OS/c1-5-13-8-10-14(11-9-13)18-19-12(4)16(22-18)17(21)20-15(6-2)7-3/h8-11,15H,5-7H2,1-4H3,(H,20,21). The summed E-state index contributed by atoms with van der Waals surface area (Å²) >= 11 is 1.47. The molecule has 0 fully saturated rings. The Morgan fingerprint density at radius 1 is 1.18 bits per heavy atom. The summed E-state index contributed by atoms with van der Waals surface area (Å²) in [5.74, 6) is 0.000119. The van der Waals surface area contributed by atoms with Crippen LogP contribution >= 0.6 is 11.3 Å². The summed E-state index contributed by atoms with van der Waals surface area (Å²) in [6, 6.07) is 8.65. The Bertz CT molecular complexity index is 627. The zero-order valence-corrected chi connectivity index (χ0v) is 14.6. The van der Waals surface area contributed by atoms with Crippen molar-refractivity contribution in [1.29, 1.82) is 0 Å². The van der Waals surface area contributed by atoms with Crippen LogP contribution in [0, 0.1) is 6.92 Å². The van der Waals surface area contributed by atoms with E-state index in [4.69, 9.17) is 0 Å². The predicted octanol–water partition coefficient (Wildman–Crippen LogP) is 4.60. The average molecular weight is 316 g/mol. The number of nitrogens with one attached hydrogen (secondary N) is 1. The molecule has 1 amide bonds. The highest BCUT2D eigenvalue weighted by Crippen LogP contribution is 2.28. The fourth-order valence-corrected chi connectivity index (χ4v) is 3.33. The first kappa shape index (κ1) is 16.7. The van der Waals surface area contributed by atoms with Gasteiger partial charge in [0, 0.05) is 11.6 Å². The van der Waals surface area contributed by atoms with Crippen LogP contribution in [0.1, 0.15) is 54.5 Å². The number of benzene rings is 1. The molecule has 4 heteroatoms. The van der Waals surface area contributed by atoms with Crippen LogP contribution in [0.15, 0.2) is 24.3 Å². The van der Waals surface area contributed by atoms with E-state index in [1.165, 1.54) is 16.9 Å². The first-order chi connectivity index (χ1) is 10.6. The minimum atomic E-state index is 0.000119. The first-order valence-corrected chi connectivity index (χ1v) is 8.78. The Morgan fingerprint density at radius 2 is 1.82 bits per heavy atom. The van der Waals surface area contributed by atoms with Crippen molar-refractivity contribution in [2.24, 2.45) is 0 Å². The van der Waals surface area contributed by atoms with E-state index in [-0.39, 0.29) is 11.9 Å². The fraction of sp³-hybridized carbons (Fsp3) is 0.444. The normalized spacial score (nSPS) is 11.0. The molecule has 0 unspecified atom stereocenters. The van der Waals surface area contributed by atoms with Crippen molar-refractivity contribution in [3.63, 3.8) is 0 Å². The van der Waals surface area contributed by atoms with E-state index in [2.05, 4.69) is 55.3 Å². The van der Waals surface area contributed by atoms with Crippen molar-refractivity contribution in [2.75, 3.05) is 0 Å². The van der Waals surface area contributed by atoms with Gasteiger partial charge in [0.25, 0.3) is 5.91 Å². The Morgan fingerprint density at radius 3 is 2.36 bits per heavy atom. The topological polar surface area (TPSA) is 42.0 Å². The lowest BCUT2D eigenvalue weighted by Gasteiger charge is -2.13. The lowest BCUT2D eigenvalue weighted by molar-refractivity contribution is 0.0938. The molecule has 0 aliphatic rings. The Labute approximate surface area is 136 Å². The van der Waals surface area contributed by atoms with Gasteiger partial charge in [-0.05, 0) is 31.7 Å².